The molecule has 1 aromatic carbocycles. The van der Waals surface area contributed by atoms with E-state index in [4.69, 9.17) is 11.6 Å². The van der Waals surface area contributed by atoms with E-state index in [0.717, 1.165) is 31.5 Å². The summed E-state index contributed by atoms with van der Waals surface area (Å²) in [6.45, 7) is 3.55. The summed E-state index contributed by atoms with van der Waals surface area (Å²) in [5, 5.41) is 3.78. The molecule has 1 fully saturated rings. The van der Waals surface area contributed by atoms with Gasteiger partial charge in [-0.25, -0.2) is 0 Å². The maximum absolute atomic E-state index is 12.4. The molecular weight excluding hydrogens is 248 g/mol. The third-order valence-corrected chi connectivity index (χ3v) is 3.78. The first-order valence-electron chi connectivity index (χ1n) is 6.34. The Morgan fingerprint density at radius 2 is 2.28 bits per heavy atom. The van der Waals surface area contributed by atoms with E-state index in [1.807, 2.05) is 37.1 Å². The summed E-state index contributed by atoms with van der Waals surface area (Å²) in [5.41, 5.74) is 1.68. The average Bonchev–Trinajstić information content (AvgIpc) is 2.38. The number of nitrogens with zero attached hydrogens (tertiary/aromatic N) is 1. The van der Waals surface area contributed by atoms with Crippen molar-refractivity contribution in [2.24, 2.45) is 0 Å². The van der Waals surface area contributed by atoms with Crippen LogP contribution in [0.15, 0.2) is 18.2 Å². The standard InChI is InChI=1S/C14H19ClN2O/c1-10-5-6-12(13(15)8-10)14(18)17-7-3-4-11(9-17)16-2/h5-6,8,11,16H,3-4,7,9H2,1-2H3. The van der Waals surface area contributed by atoms with Gasteiger partial charge in [0, 0.05) is 19.1 Å². The zero-order chi connectivity index (χ0) is 13.1. The fraction of sp³-hybridized carbons (Fsp3) is 0.500. The molecule has 0 spiro atoms. The lowest BCUT2D eigenvalue weighted by atomic mass is 10.0. The Morgan fingerprint density at radius 3 is 2.94 bits per heavy atom. The Labute approximate surface area is 113 Å². The molecule has 98 valence electrons. The smallest absolute Gasteiger partial charge is 0.255 e. The maximum atomic E-state index is 12.4. The molecule has 0 aliphatic carbocycles. The molecule has 0 aromatic heterocycles. The zero-order valence-corrected chi connectivity index (χ0v) is 11.6. The van der Waals surface area contributed by atoms with E-state index in [9.17, 15) is 4.79 Å². The van der Waals surface area contributed by atoms with E-state index < -0.39 is 0 Å². The predicted molar refractivity (Wildman–Crippen MR) is 74.2 cm³/mol. The first-order valence-corrected chi connectivity index (χ1v) is 6.72. The van der Waals surface area contributed by atoms with Gasteiger partial charge in [-0.15, -0.1) is 0 Å². The Bertz CT molecular complexity index is 447. The van der Waals surface area contributed by atoms with Crippen LogP contribution < -0.4 is 5.32 Å². The molecule has 1 aromatic rings. The van der Waals surface area contributed by atoms with Crippen molar-refractivity contribution in [2.75, 3.05) is 20.1 Å². The third kappa shape index (κ3) is 2.85. The molecular formula is C14H19ClN2O. The van der Waals surface area contributed by atoms with Crippen molar-refractivity contribution in [3.8, 4) is 0 Å². The minimum absolute atomic E-state index is 0.0416. The molecule has 1 unspecified atom stereocenters. The van der Waals surface area contributed by atoms with E-state index in [-0.39, 0.29) is 5.91 Å². The number of likely N-dealkylation sites (N-methyl/N-ethyl adjacent to an activating group) is 1. The Hall–Kier alpha value is -1.06. The number of amides is 1. The second-order valence-electron chi connectivity index (χ2n) is 4.86. The van der Waals surface area contributed by atoms with Crippen molar-refractivity contribution in [1.29, 1.82) is 0 Å². The van der Waals surface area contributed by atoms with Gasteiger partial charge in [-0.3, -0.25) is 4.79 Å². The summed E-state index contributed by atoms with van der Waals surface area (Å²) in [6.07, 6.45) is 2.17. The largest absolute Gasteiger partial charge is 0.337 e. The number of nitrogens with one attached hydrogen (secondary N) is 1. The number of benzene rings is 1. The fourth-order valence-corrected chi connectivity index (χ4v) is 2.68. The first-order chi connectivity index (χ1) is 8.61. The van der Waals surface area contributed by atoms with E-state index in [0.29, 0.717) is 16.6 Å². The Kier molecular flexibility index (Phi) is 4.25. The van der Waals surface area contributed by atoms with Crippen LogP contribution in [0.5, 0.6) is 0 Å². The molecule has 3 nitrogen and oxygen atoms in total. The molecule has 1 aliphatic heterocycles. The highest BCUT2D eigenvalue weighted by Crippen LogP contribution is 2.21. The van der Waals surface area contributed by atoms with Crippen molar-refractivity contribution >= 4 is 17.5 Å². The predicted octanol–water partition coefficient (Wildman–Crippen LogP) is 2.47. The molecule has 4 heteroatoms. The highest BCUT2D eigenvalue weighted by Gasteiger charge is 2.24. The van der Waals surface area contributed by atoms with Crippen LogP contribution in [0.3, 0.4) is 0 Å². The second kappa shape index (κ2) is 5.72. The van der Waals surface area contributed by atoms with Crippen LogP contribution >= 0.6 is 11.6 Å². The molecule has 1 atom stereocenters. The molecule has 1 aliphatic rings. The van der Waals surface area contributed by atoms with Crippen LogP contribution in [0.25, 0.3) is 0 Å². The van der Waals surface area contributed by atoms with Gasteiger partial charge < -0.3 is 10.2 Å². The highest BCUT2D eigenvalue weighted by molar-refractivity contribution is 6.33. The van der Waals surface area contributed by atoms with E-state index in [2.05, 4.69) is 5.32 Å². The summed E-state index contributed by atoms with van der Waals surface area (Å²) >= 11 is 6.15. The van der Waals surface area contributed by atoms with E-state index in [1.54, 1.807) is 0 Å². The lowest BCUT2D eigenvalue weighted by molar-refractivity contribution is 0.0698. The number of hydrogen-bond acceptors (Lipinski definition) is 2. The van der Waals surface area contributed by atoms with Gasteiger partial charge in [0.25, 0.3) is 5.91 Å². The topological polar surface area (TPSA) is 32.3 Å². The lowest BCUT2D eigenvalue weighted by Gasteiger charge is -2.32. The number of halogens is 1. The van der Waals surface area contributed by atoms with Gasteiger partial charge in [0.15, 0.2) is 0 Å². The number of hydrogen-bond donors (Lipinski definition) is 1. The monoisotopic (exact) mass is 266 g/mol. The molecule has 1 N–H and O–H groups in total. The van der Waals surface area contributed by atoms with E-state index >= 15 is 0 Å². The van der Waals surface area contributed by atoms with Crippen LogP contribution in [0.2, 0.25) is 5.02 Å². The van der Waals surface area contributed by atoms with Gasteiger partial charge in [-0.1, -0.05) is 17.7 Å². The number of aryl methyl sites for hydroxylation is 1. The quantitative estimate of drug-likeness (QED) is 0.892. The van der Waals surface area contributed by atoms with Crippen LogP contribution in [0.1, 0.15) is 28.8 Å². The second-order valence-corrected chi connectivity index (χ2v) is 5.27. The number of piperidine rings is 1. The molecule has 1 heterocycles. The zero-order valence-electron chi connectivity index (χ0n) is 10.9. The number of likely N-dealkylation sites (tertiary alicyclic amines) is 1. The van der Waals surface area contributed by atoms with Crippen molar-refractivity contribution in [1.82, 2.24) is 10.2 Å². The van der Waals surface area contributed by atoms with Crippen LogP contribution in [-0.4, -0.2) is 37.0 Å². The molecule has 0 bridgehead atoms. The summed E-state index contributed by atoms with van der Waals surface area (Å²) < 4.78 is 0. The number of carbonyl (C=O) groups is 1. The number of rotatable bonds is 2. The molecule has 2 rings (SSSR count). The van der Waals surface area contributed by atoms with Crippen LogP contribution in [0, 0.1) is 6.92 Å². The van der Waals surface area contributed by atoms with Gasteiger partial charge in [0.2, 0.25) is 0 Å². The van der Waals surface area contributed by atoms with Gasteiger partial charge in [-0.2, -0.15) is 0 Å². The first kappa shape index (κ1) is 13.4. The van der Waals surface area contributed by atoms with Gasteiger partial charge in [-0.05, 0) is 44.5 Å². The van der Waals surface area contributed by atoms with Gasteiger partial charge >= 0.3 is 0 Å². The fourth-order valence-electron chi connectivity index (χ4n) is 2.36. The van der Waals surface area contributed by atoms with Crippen molar-refractivity contribution in [2.45, 2.75) is 25.8 Å². The summed E-state index contributed by atoms with van der Waals surface area (Å²) in [6, 6.07) is 5.99. The van der Waals surface area contributed by atoms with Crippen molar-refractivity contribution in [3.05, 3.63) is 34.3 Å². The minimum Gasteiger partial charge on any atom is -0.337 e. The van der Waals surface area contributed by atoms with Crippen molar-refractivity contribution < 1.29 is 4.79 Å². The van der Waals surface area contributed by atoms with Gasteiger partial charge in [0.05, 0.1) is 10.6 Å². The average molecular weight is 267 g/mol. The molecule has 0 saturated carbocycles. The molecule has 0 radical (unpaired) electrons. The molecule has 1 saturated heterocycles. The van der Waals surface area contributed by atoms with E-state index in [1.165, 1.54) is 0 Å². The van der Waals surface area contributed by atoms with Crippen LogP contribution in [-0.2, 0) is 0 Å². The normalized spacial score (nSPS) is 19.9. The van der Waals surface area contributed by atoms with Crippen molar-refractivity contribution in [3.63, 3.8) is 0 Å². The minimum atomic E-state index is 0.0416. The lowest BCUT2D eigenvalue weighted by Crippen LogP contribution is -2.47. The molecule has 18 heavy (non-hydrogen) atoms. The maximum Gasteiger partial charge on any atom is 0.255 e. The SMILES string of the molecule is CNC1CCCN(C(=O)c2ccc(C)cc2Cl)C1. The number of carbonyl (C=O) groups excluding carboxylic acids is 1. The third-order valence-electron chi connectivity index (χ3n) is 3.47. The Morgan fingerprint density at radius 1 is 1.50 bits per heavy atom. The summed E-state index contributed by atoms with van der Waals surface area (Å²) in [7, 11) is 1.94. The van der Waals surface area contributed by atoms with Gasteiger partial charge in [0.1, 0.15) is 0 Å². The highest BCUT2D eigenvalue weighted by atomic mass is 35.5. The molecule has 1 amide bonds. The summed E-state index contributed by atoms with van der Waals surface area (Å²) in [5.74, 6) is 0.0416. The summed E-state index contributed by atoms with van der Waals surface area (Å²) in [4.78, 5) is 14.3. The van der Waals surface area contributed by atoms with Crippen LogP contribution in [0.4, 0.5) is 0 Å². The Balaban J connectivity index is 2.15.